The Hall–Kier alpha value is -4.37. The lowest BCUT2D eigenvalue weighted by atomic mass is 9.83. The molecule has 56 heavy (non-hydrogen) atoms. The Bertz CT molecular complexity index is 1620. The van der Waals surface area contributed by atoms with E-state index >= 15 is 0 Å². The SMILES string of the molecule is CC(C)(O)C1CCN(c2ccc(N)cc2)CC1.CC(C)(O)C1CCN(c2ccc([N+](=O)[O-])cc2)CC1.CC(C)(O)C1CCNCC1.O=[N+]([O-])c1ccc(F)cc1. The van der Waals surface area contributed by atoms with E-state index < -0.39 is 27.5 Å². The van der Waals surface area contributed by atoms with Gasteiger partial charge in [-0.3, -0.25) is 20.2 Å². The van der Waals surface area contributed by atoms with Gasteiger partial charge in [0, 0.05) is 67.5 Å². The minimum atomic E-state index is -0.623. The number of rotatable bonds is 7. The van der Waals surface area contributed by atoms with Crippen molar-refractivity contribution in [3.05, 3.63) is 98.8 Å². The van der Waals surface area contributed by atoms with Crippen molar-refractivity contribution >= 4 is 28.4 Å². The number of non-ortho nitro benzene ring substituents is 2. The second kappa shape index (κ2) is 20.7. The van der Waals surface area contributed by atoms with E-state index in [-0.39, 0.29) is 16.3 Å². The number of nitrogens with two attached hydrogens (primary N) is 1. The highest BCUT2D eigenvalue weighted by Gasteiger charge is 2.32. The minimum Gasteiger partial charge on any atom is -0.399 e. The lowest BCUT2D eigenvalue weighted by molar-refractivity contribution is -0.385. The highest BCUT2D eigenvalue weighted by atomic mass is 19.1. The van der Waals surface area contributed by atoms with Crippen LogP contribution in [0.4, 0.5) is 32.8 Å². The lowest BCUT2D eigenvalue weighted by Crippen LogP contribution is -2.41. The van der Waals surface area contributed by atoms with E-state index in [0.717, 1.165) is 113 Å². The van der Waals surface area contributed by atoms with E-state index in [2.05, 4.69) is 27.2 Å². The molecular formula is C42H63FN6O7. The summed E-state index contributed by atoms with van der Waals surface area (Å²) in [5.41, 5.74) is 7.12. The summed E-state index contributed by atoms with van der Waals surface area (Å²) in [6.45, 7) is 17.3. The van der Waals surface area contributed by atoms with Crippen molar-refractivity contribution in [3.8, 4) is 0 Å². The maximum Gasteiger partial charge on any atom is 0.269 e. The molecule has 0 unspecified atom stereocenters. The van der Waals surface area contributed by atoms with Crippen molar-refractivity contribution in [3.63, 3.8) is 0 Å². The Balaban J connectivity index is 0.000000208. The zero-order chi connectivity index (χ0) is 41.7. The molecular weight excluding hydrogens is 719 g/mol. The monoisotopic (exact) mass is 782 g/mol. The largest absolute Gasteiger partial charge is 0.399 e. The molecule has 3 fully saturated rings. The first-order chi connectivity index (χ1) is 26.1. The third kappa shape index (κ3) is 15.3. The van der Waals surface area contributed by atoms with Crippen LogP contribution >= 0.6 is 0 Å². The molecule has 3 aliphatic heterocycles. The van der Waals surface area contributed by atoms with Crippen LogP contribution in [0.1, 0.15) is 80.1 Å². The maximum atomic E-state index is 12.1. The van der Waals surface area contributed by atoms with Gasteiger partial charge in [0.05, 0.1) is 26.6 Å². The lowest BCUT2D eigenvalue weighted by Gasteiger charge is -2.38. The van der Waals surface area contributed by atoms with Gasteiger partial charge in [0.25, 0.3) is 11.4 Å². The topological polar surface area (TPSA) is 191 Å². The molecule has 6 N–H and O–H groups in total. The van der Waals surface area contributed by atoms with Gasteiger partial charge < -0.3 is 36.2 Å². The molecule has 3 aliphatic rings. The molecule has 0 aromatic heterocycles. The number of nitrogens with one attached hydrogen (secondary N) is 1. The Morgan fingerprint density at radius 1 is 0.589 bits per heavy atom. The number of benzene rings is 3. The van der Waals surface area contributed by atoms with Crippen LogP contribution in [0.15, 0.2) is 72.8 Å². The van der Waals surface area contributed by atoms with Crippen LogP contribution < -0.4 is 20.9 Å². The predicted octanol–water partition coefficient (Wildman–Crippen LogP) is 7.33. The summed E-state index contributed by atoms with van der Waals surface area (Å²) in [4.78, 5) is 24.2. The Kier molecular flexibility index (Phi) is 17.0. The third-order valence-corrected chi connectivity index (χ3v) is 11.0. The van der Waals surface area contributed by atoms with Gasteiger partial charge in [-0.15, -0.1) is 0 Å². The fraction of sp³-hybridized carbons (Fsp3) is 0.571. The van der Waals surface area contributed by atoms with E-state index in [1.807, 2.05) is 53.7 Å². The van der Waals surface area contributed by atoms with Crippen LogP contribution in [0, 0.1) is 43.8 Å². The number of hydrogen-bond acceptors (Lipinski definition) is 11. The van der Waals surface area contributed by atoms with E-state index in [4.69, 9.17) is 5.73 Å². The fourth-order valence-corrected chi connectivity index (χ4v) is 7.25. The average Bonchev–Trinajstić information content (AvgIpc) is 3.16. The summed E-state index contributed by atoms with van der Waals surface area (Å²) >= 11 is 0. The molecule has 6 rings (SSSR count). The highest BCUT2D eigenvalue weighted by Crippen LogP contribution is 2.32. The Morgan fingerprint density at radius 2 is 0.893 bits per heavy atom. The molecule has 0 atom stereocenters. The predicted molar refractivity (Wildman–Crippen MR) is 221 cm³/mol. The number of anilines is 3. The summed E-state index contributed by atoms with van der Waals surface area (Å²) in [6, 6.07) is 19.0. The number of piperidine rings is 3. The van der Waals surface area contributed by atoms with Crippen molar-refractivity contribution in [1.29, 1.82) is 0 Å². The van der Waals surface area contributed by atoms with Gasteiger partial charge in [-0.05, 0) is 159 Å². The molecule has 310 valence electrons. The van der Waals surface area contributed by atoms with Crippen molar-refractivity contribution in [2.24, 2.45) is 17.8 Å². The average molecular weight is 783 g/mol. The number of aliphatic hydroxyl groups is 3. The molecule has 0 saturated carbocycles. The molecule has 0 bridgehead atoms. The van der Waals surface area contributed by atoms with Gasteiger partial charge in [-0.2, -0.15) is 0 Å². The van der Waals surface area contributed by atoms with Gasteiger partial charge in [0.2, 0.25) is 0 Å². The number of hydrogen-bond donors (Lipinski definition) is 5. The quantitative estimate of drug-likeness (QED) is 0.0916. The molecule has 0 aliphatic carbocycles. The number of nitro groups is 2. The third-order valence-electron chi connectivity index (χ3n) is 11.0. The Labute approximate surface area is 331 Å². The summed E-state index contributed by atoms with van der Waals surface area (Å²) in [7, 11) is 0. The van der Waals surface area contributed by atoms with Crippen molar-refractivity contribution in [1.82, 2.24) is 5.32 Å². The molecule has 3 aromatic rings. The molecule has 13 nitrogen and oxygen atoms in total. The first-order valence-electron chi connectivity index (χ1n) is 19.5. The van der Waals surface area contributed by atoms with Crippen LogP contribution in [0.3, 0.4) is 0 Å². The van der Waals surface area contributed by atoms with Crippen LogP contribution in [0.25, 0.3) is 0 Å². The first-order valence-corrected chi connectivity index (χ1v) is 19.5. The van der Waals surface area contributed by atoms with Gasteiger partial charge in [-0.1, -0.05) is 0 Å². The summed E-state index contributed by atoms with van der Waals surface area (Å²) in [6.07, 6.45) is 6.22. The van der Waals surface area contributed by atoms with Gasteiger partial charge in [0.1, 0.15) is 5.82 Å². The smallest absolute Gasteiger partial charge is 0.269 e. The summed E-state index contributed by atoms with van der Waals surface area (Å²) in [5, 5.41) is 53.5. The van der Waals surface area contributed by atoms with E-state index in [0.29, 0.717) is 17.8 Å². The van der Waals surface area contributed by atoms with Crippen molar-refractivity contribution in [2.45, 2.75) is 96.9 Å². The van der Waals surface area contributed by atoms with Crippen LogP contribution in [0.2, 0.25) is 0 Å². The molecule has 3 heterocycles. The second-order valence-electron chi connectivity index (χ2n) is 16.6. The van der Waals surface area contributed by atoms with Crippen LogP contribution in [0.5, 0.6) is 0 Å². The van der Waals surface area contributed by atoms with E-state index in [1.165, 1.54) is 17.8 Å². The van der Waals surface area contributed by atoms with Crippen molar-refractivity contribution in [2.75, 3.05) is 54.8 Å². The maximum absolute atomic E-state index is 12.1. The molecule has 0 amide bonds. The van der Waals surface area contributed by atoms with Crippen LogP contribution in [-0.4, -0.2) is 81.2 Å². The standard InChI is InChI=1S/C14H20N2O3.C14H22N2O.C8H17NO.C6H4FNO2/c1-14(2,17)11-7-9-15(10-8-11)12-3-5-13(6-4-12)16(18)19;1-14(2,17)11-7-9-16(10-8-11)13-5-3-12(15)4-6-13;1-8(2,10)7-3-5-9-6-4-7;7-5-1-3-6(4-2-5)8(9)10/h3-6,11,17H,7-10H2,1-2H3;3-6,11,17H,7-10,15H2,1-2H3;7,9-10H,3-6H2,1-2H3;1-4H. The van der Waals surface area contributed by atoms with E-state index in [9.17, 15) is 39.9 Å². The molecule has 3 saturated heterocycles. The van der Waals surface area contributed by atoms with Gasteiger partial charge in [-0.25, -0.2) is 4.39 Å². The highest BCUT2D eigenvalue weighted by molar-refractivity contribution is 5.53. The first kappa shape index (κ1) is 46.0. The zero-order valence-corrected chi connectivity index (χ0v) is 33.9. The van der Waals surface area contributed by atoms with Crippen LogP contribution in [-0.2, 0) is 0 Å². The zero-order valence-electron chi connectivity index (χ0n) is 33.9. The number of nitrogen functional groups attached to an aromatic ring is 1. The molecule has 0 radical (unpaired) electrons. The molecule has 3 aromatic carbocycles. The Morgan fingerprint density at radius 3 is 1.20 bits per heavy atom. The number of halogens is 1. The molecule has 14 heteroatoms. The fourth-order valence-electron chi connectivity index (χ4n) is 7.25. The second-order valence-corrected chi connectivity index (χ2v) is 16.6. The van der Waals surface area contributed by atoms with Crippen molar-refractivity contribution < 1.29 is 29.6 Å². The summed E-state index contributed by atoms with van der Waals surface area (Å²) in [5.74, 6) is 0.758. The van der Waals surface area contributed by atoms with Gasteiger partial charge in [0.15, 0.2) is 0 Å². The normalized spacial score (nSPS) is 17.3. The molecule has 0 spiro atoms. The number of nitro benzene ring substituents is 2. The summed E-state index contributed by atoms with van der Waals surface area (Å²) < 4.78 is 12.1. The van der Waals surface area contributed by atoms with E-state index in [1.54, 1.807) is 12.1 Å². The number of nitrogens with zero attached hydrogens (tertiary/aromatic N) is 4. The minimum absolute atomic E-state index is 0.0959. The van der Waals surface area contributed by atoms with Gasteiger partial charge >= 0.3 is 0 Å².